The van der Waals surface area contributed by atoms with Crippen molar-refractivity contribution in [2.45, 2.75) is 50.6 Å². The van der Waals surface area contributed by atoms with Gasteiger partial charge in [-0.05, 0) is 60.7 Å². The Kier molecular flexibility index (Phi) is 7.33. The first-order chi connectivity index (χ1) is 15.5. The van der Waals surface area contributed by atoms with Crippen LogP contribution in [-0.2, 0) is 23.1 Å². The summed E-state index contributed by atoms with van der Waals surface area (Å²) in [6.45, 7) is 0. The van der Waals surface area contributed by atoms with Crippen LogP contribution in [0.15, 0.2) is 60.1 Å². The highest BCUT2D eigenvalue weighted by atomic mass is 35.5. The fourth-order valence-electron chi connectivity index (χ4n) is 4.36. The quantitative estimate of drug-likeness (QED) is 0.496. The molecule has 2 amide bonds. The molecule has 1 fully saturated rings. The second-order valence-electron chi connectivity index (χ2n) is 8.29. The Labute approximate surface area is 198 Å². The average molecular weight is 470 g/mol. The lowest BCUT2D eigenvalue weighted by Crippen LogP contribution is -2.48. The molecule has 3 aromatic rings. The maximum atomic E-state index is 13.7. The predicted molar refractivity (Wildman–Crippen MR) is 130 cm³/mol. The van der Waals surface area contributed by atoms with Crippen molar-refractivity contribution in [1.82, 2.24) is 9.88 Å². The number of thiophene rings is 1. The Morgan fingerprint density at radius 3 is 2.50 bits per heavy atom. The molecule has 168 valence electrons. The third kappa shape index (κ3) is 5.25. The van der Waals surface area contributed by atoms with Crippen molar-refractivity contribution >= 4 is 40.4 Å². The van der Waals surface area contributed by atoms with E-state index in [1.807, 2.05) is 47.5 Å². The van der Waals surface area contributed by atoms with E-state index in [1.54, 1.807) is 40.5 Å². The van der Waals surface area contributed by atoms with Gasteiger partial charge in [-0.3, -0.25) is 14.5 Å². The maximum Gasteiger partial charge on any atom is 0.249 e. The van der Waals surface area contributed by atoms with E-state index in [2.05, 4.69) is 5.32 Å². The predicted octanol–water partition coefficient (Wildman–Crippen LogP) is 5.51. The maximum absolute atomic E-state index is 13.7. The average Bonchev–Trinajstić information content (AvgIpc) is 3.45. The molecule has 0 spiro atoms. The summed E-state index contributed by atoms with van der Waals surface area (Å²) in [7, 11) is 1.90. The van der Waals surface area contributed by atoms with Gasteiger partial charge in [-0.1, -0.05) is 36.9 Å². The zero-order valence-corrected chi connectivity index (χ0v) is 19.7. The van der Waals surface area contributed by atoms with E-state index in [9.17, 15) is 9.59 Å². The molecular formula is C25H28ClN3O2S. The third-order valence-corrected chi connectivity index (χ3v) is 7.13. The number of amides is 2. The summed E-state index contributed by atoms with van der Waals surface area (Å²) >= 11 is 7.66. The van der Waals surface area contributed by atoms with Gasteiger partial charge in [0.1, 0.15) is 0 Å². The normalized spacial score (nSPS) is 15.3. The molecule has 1 aromatic carbocycles. The monoisotopic (exact) mass is 469 g/mol. The first kappa shape index (κ1) is 22.6. The van der Waals surface area contributed by atoms with E-state index in [1.165, 1.54) is 6.42 Å². The Hall–Kier alpha value is -2.57. The lowest BCUT2D eigenvalue weighted by atomic mass is 9.95. The van der Waals surface area contributed by atoms with E-state index in [4.69, 9.17) is 11.6 Å². The summed E-state index contributed by atoms with van der Waals surface area (Å²) in [4.78, 5) is 30.0. The first-order valence-corrected chi connectivity index (χ1v) is 12.3. The highest BCUT2D eigenvalue weighted by Crippen LogP contribution is 2.31. The van der Waals surface area contributed by atoms with E-state index in [0.29, 0.717) is 10.7 Å². The second kappa shape index (κ2) is 10.4. The number of aromatic nitrogens is 1. The SMILES string of the molecule is Cn1cccc1[C@H](C(=O)NC1CCCCC1)N(C(=O)Cc1cccs1)c1ccc(Cl)cc1. The van der Waals surface area contributed by atoms with Gasteiger partial charge in [0.05, 0.1) is 12.1 Å². The van der Waals surface area contributed by atoms with Crippen LogP contribution in [0.4, 0.5) is 5.69 Å². The molecule has 0 saturated heterocycles. The summed E-state index contributed by atoms with van der Waals surface area (Å²) in [6.07, 6.45) is 7.56. The summed E-state index contributed by atoms with van der Waals surface area (Å²) in [6, 6.07) is 14.2. The largest absolute Gasteiger partial charge is 0.352 e. The summed E-state index contributed by atoms with van der Waals surface area (Å²) in [5.41, 5.74) is 1.42. The summed E-state index contributed by atoms with van der Waals surface area (Å²) in [5.74, 6) is -0.270. The minimum absolute atomic E-state index is 0.125. The summed E-state index contributed by atoms with van der Waals surface area (Å²) < 4.78 is 1.91. The molecule has 1 aliphatic rings. The Morgan fingerprint density at radius 1 is 1.12 bits per heavy atom. The molecular weight excluding hydrogens is 442 g/mol. The lowest BCUT2D eigenvalue weighted by Gasteiger charge is -2.33. The zero-order chi connectivity index (χ0) is 22.5. The van der Waals surface area contributed by atoms with Gasteiger partial charge in [0.2, 0.25) is 11.8 Å². The number of hydrogen-bond donors (Lipinski definition) is 1. The van der Waals surface area contributed by atoms with Gasteiger partial charge in [0.25, 0.3) is 0 Å². The third-order valence-electron chi connectivity index (χ3n) is 6.00. The number of carbonyl (C=O) groups is 2. The Bertz CT molecular complexity index is 1040. The second-order valence-corrected chi connectivity index (χ2v) is 9.75. The number of nitrogens with one attached hydrogen (secondary N) is 1. The van der Waals surface area contributed by atoms with Crippen molar-refractivity contribution in [1.29, 1.82) is 0 Å². The number of hydrogen-bond acceptors (Lipinski definition) is 3. The molecule has 0 radical (unpaired) electrons. The minimum Gasteiger partial charge on any atom is -0.352 e. The molecule has 2 aromatic heterocycles. The number of aryl methyl sites for hydroxylation is 1. The van der Waals surface area contributed by atoms with E-state index in [-0.39, 0.29) is 24.3 Å². The van der Waals surface area contributed by atoms with Crippen LogP contribution < -0.4 is 10.2 Å². The zero-order valence-electron chi connectivity index (χ0n) is 18.2. The summed E-state index contributed by atoms with van der Waals surface area (Å²) in [5, 5.41) is 5.78. The van der Waals surface area contributed by atoms with Gasteiger partial charge >= 0.3 is 0 Å². The highest BCUT2D eigenvalue weighted by Gasteiger charge is 2.35. The molecule has 4 rings (SSSR count). The van der Waals surface area contributed by atoms with Gasteiger partial charge < -0.3 is 9.88 Å². The van der Waals surface area contributed by atoms with Crippen molar-refractivity contribution in [2.75, 3.05) is 4.90 Å². The van der Waals surface area contributed by atoms with Crippen molar-refractivity contribution in [3.05, 3.63) is 75.7 Å². The fraction of sp³-hybridized carbons (Fsp3) is 0.360. The van der Waals surface area contributed by atoms with Crippen LogP contribution in [-0.4, -0.2) is 22.4 Å². The molecule has 1 aliphatic carbocycles. The molecule has 2 heterocycles. The van der Waals surface area contributed by atoms with Gasteiger partial charge in [-0.2, -0.15) is 0 Å². The molecule has 32 heavy (non-hydrogen) atoms. The molecule has 1 N–H and O–H groups in total. The van der Waals surface area contributed by atoms with Crippen LogP contribution in [0.2, 0.25) is 5.02 Å². The van der Waals surface area contributed by atoms with Crippen molar-refractivity contribution in [3.8, 4) is 0 Å². The molecule has 0 unspecified atom stereocenters. The molecule has 1 atom stereocenters. The lowest BCUT2D eigenvalue weighted by molar-refractivity contribution is -0.127. The Balaban J connectivity index is 1.72. The van der Waals surface area contributed by atoms with Crippen LogP contribution in [0.25, 0.3) is 0 Å². The number of anilines is 1. The minimum atomic E-state index is -0.773. The molecule has 5 nitrogen and oxygen atoms in total. The molecule has 0 bridgehead atoms. The van der Waals surface area contributed by atoms with Gasteiger partial charge in [-0.25, -0.2) is 0 Å². The number of halogens is 1. The van der Waals surface area contributed by atoms with Crippen LogP contribution in [0, 0.1) is 0 Å². The number of nitrogens with zero attached hydrogens (tertiary/aromatic N) is 2. The van der Waals surface area contributed by atoms with E-state index < -0.39 is 6.04 Å². The van der Waals surface area contributed by atoms with E-state index >= 15 is 0 Å². The fourth-order valence-corrected chi connectivity index (χ4v) is 5.18. The Morgan fingerprint density at radius 2 is 1.88 bits per heavy atom. The van der Waals surface area contributed by atoms with Crippen molar-refractivity contribution in [2.24, 2.45) is 7.05 Å². The van der Waals surface area contributed by atoms with Crippen molar-refractivity contribution in [3.63, 3.8) is 0 Å². The standard InChI is InChI=1S/C25H28ClN3O2S/c1-28-15-5-10-22(28)24(25(31)27-19-7-3-2-4-8-19)29(20-13-11-18(26)12-14-20)23(30)17-21-9-6-16-32-21/h5-6,9-16,19,24H,2-4,7-8,17H2,1H3,(H,27,31)/t24-/m1/s1. The number of carbonyl (C=O) groups excluding carboxylic acids is 2. The van der Waals surface area contributed by atoms with Gasteiger partial charge in [-0.15, -0.1) is 11.3 Å². The molecule has 1 saturated carbocycles. The first-order valence-electron chi connectivity index (χ1n) is 11.0. The van der Waals surface area contributed by atoms with Crippen LogP contribution >= 0.6 is 22.9 Å². The molecule has 7 heteroatoms. The van der Waals surface area contributed by atoms with Crippen LogP contribution in [0.1, 0.15) is 48.7 Å². The topological polar surface area (TPSA) is 54.3 Å². The number of benzene rings is 1. The highest BCUT2D eigenvalue weighted by molar-refractivity contribution is 7.10. The number of rotatable bonds is 7. The van der Waals surface area contributed by atoms with Gasteiger partial charge in [0, 0.05) is 34.9 Å². The van der Waals surface area contributed by atoms with Crippen LogP contribution in [0.5, 0.6) is 0 Å². The van der Waals surface area contributed by atoms with Gasteiger partial charge in [0.15, 0.2) is 6.04 Å². The molecule has 0 aliphatic heterocycles. The van der Waals surface area contributed by atoms with E-state index in [0.717, 1.165) is 36.3 Å². The van der Waals surface area contributed by atoms with Crippen LogP contribution in [0.3, 0.4) is 0 Å². The smallest absolute Gasteiger partial charge is 0.249 e. The van der Waals surface area contributed by atoms with Crippen molar-refractivity contribution < 1.29 is 9.59 Å².